The maximum absolute atomic E-state index is 3.73. The van der Waals surface area contributed by atoms with Crippen LogP contribution in [0.2, 0.25) is 0 Å². The van der Waals surface area contributed by atoms with Crippen molar-refractivity contribution in [2.24, 2.45) is 0 Å². The lowest BCUT2D eigenvalue weighted by Crippen LogP contribution is -2.20. The molecule has 0 bridgehead atoms. The fourth-order valence-electron chi connectivity index (χ4n) is 0.725. The summed E-state index contributed by atoms with van der Waals surface area (Å²) < 4.78 is 0. The van der Waals surface area contributed by atoms with E-state index in [1.54, 1.807) is 0 Å². The van der Waals surface area contributed by atoms with Crippen LogP contribution in [-0.2, 0) is 0 Å². The van der Waals surface area contributed by atoms with Crippen LogP contribution >= 0.6 is 0 Å². The zero-order chi connectivity index (χ0) is 7.28. The van der Waals surface area contributed by atoms with Crippen LogP contribution in [0.25, 0.3) is 0 Å². The first-order valence-corrected chi connectivity index (χ1v) is 3.21. The number of hydrogen-bond acceptors (Lipinski definition) is 1. The van der Waals surface area contributed by atoms with Gasteiger partial charge in [-0.15, -0.1) is 0 Å². The Bertz CT molecular complexity index is 114. The lowest BCUT2D eigenvalue weighted by Gasteiger charge is -2.08. The van der Waals surface area contributed by atoms with E-state index in [2.05, 4.69) is 24.9 Å². The van der Waals surface area contributed by atoms with Gasteiger partial charge in [0.25, 0.3) is 0 Å². The molecule has 1 heteroatoms. The summed E-state index contributed by atoms with van der Waals surface area (Å²) in [4.78, 5) is 0. The van der Waals surface area contributed by atoms with E-state index >= 15 is 0 Å². The molecule has 0 fully saturated rings. The molecule has 0 aromatic heterocycles. The second-order valence-corrected chi connectivity index (χ2v) is 2.24. The van der Waals surface area contributed by atoms with Gasteiger partial charge in [0.15, 0.2) is 0 Å². The molecule has 0 heterocycles. The van der Waals surface area contributed by atoms with E-state index in [4.69, 9.17) is 0 Å². The Labute approximate surface area is 57.5 Å². The highest BCUT2D eigenvalue weighted by Gasteiger charge is 1.90. The minimum Gasteiger partial charge on any atom is -0.383 e. The molecule has 1 unspecified atom stereocenters. The molecule has 0 aromatic rings. The zero-order valence-electron chi connectivity index (χ0n) is 6.44. The first kappa shape index (κ1) is 8.28. The van der Waals surface area contributed by atoms with Crippen LogP contribution < -0.4 is 5.32 Å². The van der Waals surface area contributed by atoms with Crippen LogP contribution in [0.5, 0.6) is 0 Å². The summed E-state index contributed by atoms with van der Waals surface area (Å²) in [5.41, 5.74) is 1.01. The highest BCUT2D eigenvalue weighted by molar-refractivity contribution is 4.96. The van der Waals surface area contributed by atoms with Crippen molar-refractivity contribution in [2.75, 3.05) is 0 Å². The van der Waals surface area contributed by atoms with E-state index in [1.807, 2.05) is 19.9 Å². The largest absolute Gasteiger partial charge is 0.383 e. The standard InChI is InChI=1S/C8H15N/c1-5-6-8(4)9-7(2)3/h5-6,8-9H,2H2,1,3-4H3/b6-5-. The van der Waals surface area contributed by atoms with Gasteiger partial charge in [-0.3, -0.25) is 0 Å². The molecule has 0 radical (unpaired) electrons. The van der Waals surface area contributed by atoms with Gasteiger partial charge in [0.1, 0.15) is 0 Å². The Morgan fingerprint density at radius 2 is 2.22 bits per heavy atom. The van der Waals surface area contributed by atoms with Crippen LogP contribution in [0.3, 0.4) is 0 Å². The van der Waals surface area contributed by atoms with E-state index in [-0.39, 0.29) is 0 Å². The second-order valence-electron chi connectivity index (χ2n) is 2.24. The van der Waals surface area contributed by atoms with E-state index in [1.165, 1.54) is 0 Å². The Morgan fingerprint density at radius 3 is 2.56 bits per heavy atom. The molecule has 1 nitrogen and oxygen atoms in total. The Balaban J connectivity index is 3.50. The molecule has 0 aliphatic carbocycles. The molecule has 0 saturated carbocycles. The highest BCUT2D eigenvalue weighted by atomic mass is 14.9. The van der Waals surface area contributed by atoms with Gasteiger partial charge in [-0.1, -0.05) is 18.7 Å². The molecular formula is C8H15N. The highest BCUT2D eigenvalue weighted by Crippen LogP contribution is 1.88. The van der Waals surface area contributed by atoms with E-state index < -0.39 is 0 Å². The summed E-state index contributed by atoms with van der Waals surface area (Å²) in [5, 5.41) is 3.16. The third-order valence-corrected chi connectivity index (χ3v) is 0.955. The first-order chi connectivity index (χ1) is 4.16. The third-order valence-electron chi connectivity index (χ3n) is 0.955. The average Bonchev–Trinajstić information content (AvgIpc) is 1.63. The van der Waals surface area contributed by atoms with E-state index in [0.29, 0.717) is 6.04 Å². The lowest BCUT2D eigenvalue weighted by molar-refractivity contribution is 0.730. The van der Waals surface area contributed by atoms with Gasteiger partial charge < -0.3 is 5.32 Å². The van der Waals surface area contributed by atoms with Gasteiger partial charge in [0.2, 0.25) is 0 Å². The van der Waals surface area contributed by atoms with Crippen molar-refractivity contribution in [3.8, 4) is 0 Å². The van der Waals surface area contributed by atoms with Gasteiger partial charge >= 0.3 is 0 Å². The average molecular weight is 125 g/mol. The molecule has 9 heavy (non-hydrogen) atoms. The Hall–Kier alpha value is -0.720. The van der Waals surface area contributed by atoms with Crippen molar-refractivity contribution in [1.82, 2.24) is 5.32 Å². The quantitative estimate of drug-likeness (QED) is 0.569. The van der Waals surface area contributed by atoms with Gasteiger partial charge in [-0.05, 0) is 20.8 Å². The molecule has 0 aromatic carbocycles. The number of allylic oxidation sites excluding steroid dienone is 2. The summed E-state index contributed by atoms with van der Waals surface area (Å²) >= 11 is 0. The summed E-state index contributed by atoms with van der Waals surface area (Å²) in [6.45, 7) is 9.79. The number of hydrogen-bond donors (Lipinski definition) is 1. The molecule has 0 spiro atoms. The molecule has 1 N–H and O–H groups in total. The summed E-state index contributed by atoms with van der Waals surface area (Å²) in [5.74, 6) is 0. The summed E-state index contributed by atoms with van der Waals surface area (Å²) in [6, 6.07) is 0.410. The van der Waals surface area contributed by atoms with Crippen LogP contribution in [-0.4, -0.2) is 6.04 Å². The summed E-state index contributed by atoms with van der Waals surface area (Å²) in [7, 11) is 0. The molecule has 0 aliphatic heterocycles. The van der Waals surface area contributed by atoms with Gasteiger partial charge in [0, 0.05) is 11.7 Å². The van der Waals surface area contributed by atoms with E-state index in [9.17, 15) is 0 Å². The molecular weight excluding hydrogens is 110 g/mol. The van der Waals surface area contributed by atoms with Crippen molar-refractivity contribution in [3.05, 3.63) is 24.4 Å². The Morgan fingerprint density at radius 1 is 1.67 bits per heavy atom. The predicted molar refractivity (Wildman–Crippen MR) is 42.2 cm³/mol. The third kappa shape index (κ3) is 5.15. The molecule has 0 aliphatic rings. The first-order valence-electron chi connectivity index (χ1n) is 3.21. The number of nitrogens with one attached hydrogen (secondary N) is 1. The molecule has 0 amide bonds. The van der Waals surface area contributed by atoms with Crippen LogP contribution in [0.4, 0.5) is 0 Å². The maximum Gasteiger partial charge on any atom is 0.0412 e. The molecule has 0 rings (SSSR count). The van der Waals surface area contributed by atoms with Crippen LogP contribution in [0.15, 0.2) is 24.4 Å². The second kappa shape index (κ2) is 4.19. The fourth-order valence-corrected chi connectivity index (χ4v) is 0.725. The van der Waals surface area contributed by atoms with Gasteiger partial charge in [-0.25, -0.2) is 0 Å². The predicted octanol–water partition coefficient (Wildman–Crippen LogP) is 2.07. The topological polar surface area (TPSA) is 12.0 Å². The summed E-state index contributed by atoms with van der Waals surface area (Å²) in [6.07, 6.45) is 4.12. The van der Waals surface area contributed by atoms with E-state index in [0.717, 1.165) is 5.70 Å². The monoisotopic (exact) mass is 125 g/mol. The lowest BCUT2D eigenvalue weighted by atomic mass is 10.3. The van der Waals surface area contributed by atoms with Crippen molar-refractivity contribution >= 4 is 0 Å². The number of rotatable bonds is 3. The smallest absolute Gasteiger partial charge is 0.0412 e. The Kier molecular flexibility index (Phi) is 3.85. The molecule has 52 valence electrons. The fraction of sp³-hybridized carbons (Fsp3) is 0.500. The molecule has 0 saturated heterocycles. The van der Waals surface area contributed by atoms with Gasteiger partial charge in [0.05, 0.1) is 0 Å². The van der Waals surface area contributed by atoms with Gasteiger partial charge in [-0.2, -0.15) is 0 Å². The minimum atomic E-state index is 0.410. The minimum absolute atomic E-state index is 0.410. The maximum atomic E-state index is 3.73. The van der Waals surface area contributed by atoms with Crippen LogP contribution in [0, 0.1) is 0 Å². The van der Waals surface area contributed by atoms with Crippen molar-refractivity contribution < 1.29 is 0 Å². The van der Waals surface area contributed by atoms with Crippen molar-refractivity contribution in [1.29, 1.82) is 0 Å². The normalized spacial score (nSPS) is 13.7. The zero-order valence-corrected chi connectivity index (χ0v) is 6.44. The SMILES string of the molecule is C=C(C)NC(C)/C=C\C. The molecule has 1 atom stereocenters. The van der Waals surface area contributed by atoms with Crippen LogP contribution in [0.1, 0.15) is 20.8 Å². The van der Waals surface area contributed by atoms with Crippen molar-refractivity contribution in [2.45, 2.75) is 26.8 Å². The van der Waals surface area contributed by atoms with Crippen molar-refractivity contribution in [3.63, 3.8) is 0 Å².